The molecule has 0 aliphatic carbocycles. The third-order valence-electron chi connectivity index (χ3n) is 3.99. The first-order valence-electron chi connectivity index (χ1n) is 8.09. The Morgan fingerprint density at radius 3 is 2.62 bits per heavy atom. The third-order valence-corrected chi connectivity index (χ3v) is 4.64. The van der Waals surface area contributed by atoms with E-state index in [2.05, 4.69) is 45.4 Å². The number of hydrogen-bond acceptors (Lipinski definition) is 7. The summed E-state index contributed by atoms with van der Waals surface area (Å²) < 4.78 is 4.42. The van der Waals surface area contributed by atoms with Crippen LogP contribution >= 0.6 is 11.5 Å². The molecule has 2 aromatic heterocycles. The summed E-state index contributed by atoms with van der Waals surface area (Å²) in [5.74, 6) is 0.817. The van der Waals surface area contributed by atoms with E-state index < -0.39 is 0 Å². The van der Waals surface area contributed by atoms with Crippen LogP contribution in [-0.2, 0) is 5.41 Å². The van der Waals surface area contributed by atoms with Crippen LogP contribution in [0, 0.1) is 0 Å². The molecule has 0 radical (unpaired) electrons. The van der Waals surface area contributed by atoms with Crippen molar-refractivity contribution < 1.29 is 4.79 Å². The molecule has 8 heteroatoms. The predicted octanol–water partition coefficient (Wildman–Crippen LogP) is 2.34. The summed E-state index contributed by atoms with van der Waals surface area (Å²) in [5.41, 5.74) is 0.367. The zero-order chi connectivity index (χ0) is 17.2. The molecule has 1 fully saturated rings. The zero-order valence-electron chi connectivity index (χ0n) is 14.2. The van der Waals surface area contributed by atoms with E-state index in [0.29, 0.717) is 24.8 Å². The van der Waals surface area contributed by atoms with Crippen LogP contribution in [0.3, 0.4) is 0 Å². The lowest BCUT2D eigenvalue weighted by Crippen LogP contribution is -2.42. The Balaban J connectivity index is 1.54. The van der Waals surface area contributed by atoms with Crippen LogP contribution in [0.2, 0.25) is 0 Å². The maximum Gasteiger partial charge on any atom is 0.274 e. The van der Waals surface area contributed by atoms with Crippen molar-refractivity contribution in [3.63, 3.8) is 0 Å². The normalized spacial score (nSPS) is 16.2. The van der Waals surface area contributed by atoms with E-state index in [4.69, 9.17) is 0 Å². The Bertz CT molecular complexity index is 688. The van der Waals surface area contributed by atoms with Crippen LogP contribution in [0.15, 0.2) is 18.6 Å². The van der Waals surface area contributed by atoms with Crippen molar-refractivity contribution >= 4 is 22.6 Å². The molecule has 1 amide bonds. The topological polar surface area (TPSA) is 83.9 Å². The van der Waals surface area contributed by atoms with Crippen molar-refractivity contribution in [2.75, 3.05) is 18.4 Å². The summed E-state index contributed by atoms with van der Waals surface area (Å²) >= 11 is 1.40. The van der Waals surface area contributed by atoms with Crippen molar-refractivity contribution in [1.82, 2.24) is 24.2 Å². The average molecular weight is 346 g/mol. The quantitative estimate of drug-likeness (QED) is 0.918. The summed E-state index contributed by atoms with van der Waals surface area (Å²) in [7, 11) is 0. The number of carbonyl (C=O) groups is 1. The molecule has 1 aliphatic heterocycles. The molecule has 3 heterocycles. The molecule has 2 aromatic rings. The summed E-state index contributed by atoms with van der Waals surface area (Å²) in [6.45, 7) is 7.73. The van der Waals surface area contributed by atoms with Gasteiger partial charge in [0, 0.05) is 48.5 Å². The van der Waals surface area contributed by atoms with Gasteiger partial charge in [-0.15, -0.1) is 0 Å². The fourth-order valence-corrected chi connectivity index (χ4v) is 3.39. The lowest BCUT2D eigenvalue weighted by atomic mass is 9.96. The summed E-state index contributed by atoms with van der Waals surface area (Å²) in [6.07, 6.45) is 6.40. The lowest BCUT2D eigenvalue weighted by molar-refractivity contribution is 0.0712. The van der Waals surface area contributed by atoms with Crippen LogP contribution in [0.25, 0.3) is 0 Å². The first-order valence-corrected chi connectivity index (χ1v) is 8.87. The standard InChI is InChI=1S/C16H22N6OS/c1-16(2,3)14-20-15(24-21-14)19-11-4-8-22(9-5-11)13(23)12-10-17-6-7-18-12/h6-7,10-11H,4-5,8-9H2,1-3H3,(H,19,20,21). The fourth-order valence-electron chi connectivity index (χ4n) is 2.56. The van der Waals surface area contributed by atoms with Gasteiger partial charge in [0.1, 0.15) is 11.5 Å². The molecule has 0 unspecified atom stereocenters. The fraction of sp³-hybridized carbons (Fsp3) is 0.562. The summed E-state index contributed by atoms with van der Waals surface area (Å²) in [5, 5.41) is 4.31. The molecule has 0 bridgehead atoms. The largest absolute Gasteiger partial charge is 0.357 e. The molecule has 0 spiro atoms. The second kappa shape index (κ2) is 6.80. The Labute approximate surface area is 145 Å². The highest BCUT2D eigenvalue weighted by molar-refractivity contribution is 7.09. The van der Waals surface area contributed by atoms with Gasteiger partial charge in [-0.25, -0.2) is 9.97 Å². The van der Waals surface area contributed by atoms with E-state index in [9.17, 15) is 4.79 Å². The molecular weight excluding hydrogens is 324 g/mol. The SMILES string of the molecule is CC(C)(C)c1nsc(NC2CCN(C(=O)c3cnccn3)CC2)n1. The molecular formula is C16H22N6OS. The Kier molecular flexibility index (Phi) is 4.75. The second-order valence-corrected chi connectivity index (χ2v) is 7.73. The van der Waals surface area contributed by atoms with Gasteiger partial charge in [-0.1, -0.05) is 20.8 Å². The number of amides is 1. The minimum Gasteiger partial charge on any atom is -0.357 e. The smallest absolute Gasteiger partial charge is 0.274 e. The maximum atomic E-state index is 12.4. The molecule has 1 N–H and O–H groups in total. The molecule has 0 aromatic carbocycles. The number of nitrogens with zero attached hydrogens (tertiary/aromatic N) is 5. The van der Waals surface area contributed by atoms with Crippen LogP contribution in [0.5, 0.6) is 0 Å². The predicted molar refractivity (Wildman–Crippen MR) is 93.2 cm³/mol. The lowest BCUT2D eigenvalue weighted by Gasteiger charge is -2.32. The van der Waals surface area contributed by atoms with E-state index in [1.54, 1.807) is 12.4 Å². The number of nitrogens with one attached hydrogen (secondary N) is 1. The van der Waals surface area contributed by atoms with Crippen molar-refractivity contribution in [1.29, 1.82) is 0 Å². The Hall–Kier alpha value is -2.09. The van der Waals surface area contributed by atoms with E-state index in [1.165, 1.54) is 17.7 Å². The third kappa shape index (κ3) is 3.87. The number of hydrogen-bond donors (Lipinski definition) is 1. The number of likely N-dealkylation sites (tertiary alicyclic amines) is 1. The Morgan fingerprint density at radius 1 is 1.29 bits per heavy atom. The molecule has 24 heavy (non-hydrogen) atoms. The van der Waals surface area contributed by atoms with Gasteiger partial charge in [-0.2, -0.15) is 4.37 Å². The summed E-state index contributed by atoms with van der Waals surface area (Å²) in [4.78, 5) is 26.8. The maximum absolute atomic E-state index is 12.4. The van der Waals surface area contributed by atoms with E-state index in [-0.39, 0.29) is 11.3 Å². The van der Waals surface area contributed by atoms with Crippen molar-refractivity contribution in [2.24, 2.45) is 0 Å². The van der Waals surface area contributed by atoms with Gasteiger partial charge in [-0.3, -0.25) is 9.78 Å². The van der Waals surface area contributed by atoms with Crippen molar-refractivity contribution in [2.45, 2.75) is 45.1 Å². The highest BCUT2D eigenvalue weighted by atomic mass is 32.1. The number of anilines is 1. The van der Waals surface area contributed by atoms with Crippen molar-refractivity contribution in [3.8, 4) is 0 Å². The van der Waals surface area contributed by atoms with Gasteiger partial charge in [0.05, 0.1) is 6.20 Å². The molecule has 1 saturated heterocycles. The number of piperidine rings is 1. The number of aromatic nitrogens is 4. The molecule has 0 atom stereocenters. The van der Waals surface area contributed by atoms with Crippen molar-refractivity contribution in [3.05, 3.63) is 30.1 Å². The minimum atomic E-state index is -0.0486. The number of carbonyl (C=O) groups excluding carboxylic acids is 1. The van der Waals surface area contributed by atoms with Gasteiger partial charge in [0.25, 0.3) is 5.91 Å². The van der Waals surface area contributed by atoms with Gasteiger partial charge < -0.3 is 10.2 Å². The zero-order valence-corrected chi connectivity index (χ0v) is 15.0. The summed E-state index contributed by atoms with van der Waals surface area (Å²) in [6, 6.07) is 0.316. The monoisotopic (exact) mass is 346 g/mol. The second-order valence-electron chi connectivity index (χ2n) is 6.97. The molecule has 3 rings (SSSR count). The van der Waals surface area contributed by atoms with Gasteiger partial charge in [0.15, 0.2) is 0 Å². The highest BCUT2D eigenvalue weighted by Crippen LogP contribution is 2.24. The van der Waals surface area contributed by atoms with Crippen LogP contribution in [0.1, 0.15) is 49.9 Å². The first kappa shape index (κ1) is 16.8. The van der Waals surface area contributed by atoms with Gasteiger partial charge in [-0.05, 0) is 12.8 Å². The average Bonchev–Trinajstić information content (AvgIpc) is 3.05. The molecule has 0 saturated carbocycles. The van der Waals surface area contributed by atoms with Gasteiger partial charge in [0.2, 0.25) is 5.13 Å². The molecule has 128 valence electrons. The Morgan fingerprint density at radius 2 is 2.04 bits per heavy atom. The van der Waals surface area contributed by atoms with E-state index in [1.807, 2.05) is 4.90 Å². The van der Waals surface area contributed by atoms with E-state index >= 15 is 0 Å². The molecule has 7 nitrogen and oxygen atoms in total. The number of rotatable bonds is 3. The van der Waals surface area contributed by atoms with Gasteiger partial charge >= 0.3 is 0 Å². The van der Waals surface area contributed by atoms with Crippen LogP contribution < -0.4 is 5.32 Å². The van der Waals surface area contributed by atoms with Crippen LogP contribution in [0.4, 0.5) is 5.13 Å². The minimum absolute atomic E-state index is 0.0388. The van der Waals surface area contributed by atoms with Crippen LogP contribution in [-0.4, -0.2) is 49.3 Å². The highest BCUT2D eigenvalue weighted by Gasteiger charge is 2.26. The van der Waals surface area contributed by atoms with E-state index in [0.717, 1.165) is 23.8 Å². The first-order chi connectivity index (χ1) is 11.4. The molecule has 1 aliphatic rings.